The molecule has 0 bridgehead atoms. The van der Waals surface area contributed by atoms with E-state index in [0.29, 0.717) is 18.0 Å². The number of carbonyl (C=O) groups excluding carboxylic acids is 1. The summed E-state index contributed by atoms with van der Waals surface area (Å²) in [5, 5.41) is 12.0. The van der Waals surface area contributed by atoms with Crippen LogP contribution in [0.5, 0.6) is 0 Å². The van der Waals surface area contributed by atoms with Crippen LogP contribution in [-0.4, -0.2) is 10.9 Å². The van der Waals surface area contributed by atoms with Crippen molar-refractivity contribution >= 4 is 11.6 Å². The number of rotatable bonds is 5. The molecule has 0 fully saturated rings. The molecule has 1 atom stereocenters. The van der Waals surface area contributed by atoms with Crippen molar-refractivity contribution in [3.63, 3.8) is 0 Å². The lowest BCUT2D eigenvalue weighted by molar-refractivity contribution is -0.118. The topological polar surface area (TPSA) is 65.8 Å². The minimum atomic E-state index is -0.716. The van der Waals surface area contributed by atoms with Crippen LogP contribution < -0.4 is 5.32 Å². The monoisotopic (exact) mass is 293 g/mol. The molecule has 4 nitrogen and oxygen atoms in total. The molecular formula is C18H19N3O. The number of anilines is 1. The van der Waals surface area contributed by atoms with Crippen LogP contribution in [0.3, 0.4) is 0 Å². The Balaban J connectivity index is 2.02. The maximum absolute atomic E-state index is 12.2. The van der Waals surface area contributed by atoms with Crippen molar-refractivity contribution in [1.29, 1.82) is 5.26 Å². The van der Waals surface area contributed by atoms with Crippen molar-refractivity contribution in [3.05, 3.63) is 59.9 Å². The predicted octanol–water partition coefficient (Wildman–Crippen LogP) is 3.53. The molecule has 0 aliphatic heterocycles. The van der Waals surface area contributed by atoms with Crippen molar-refractivity contribution in [2.24, 2.45) is 5.92 Å². The maximum Gasteiger partial charge on any atom is 0.242 e. The molecule has 0 unspecified atom stereocenters. The molecule has 22 heavy (non-hydrogen) atoms. The average Bonchev–Trinajstić information content (AvgIpc) is 2.54. The van der Waals surface area contributed by atoms with Gasteiger partial charge in [-0.2, -0.15) is 5.26 Å². The van der Waals surface area contributed by atoms with E-state index in [9.17, 15) is 10.1 Å². The summed E-state index contributed by atoms with van der Waals surface area (Å²) in [4.78, 5) is 16.1. The molecule has 0 spiro atoms. The molecule has 0 aliphatic carbocycles. The molecule has 1 N–H and O–H groups in total. The van der Waals surface area contributed by atoms with Gasteiger partial charge < -0.3 is 5.32 Å². The summed E-state index contributed by atoms with van der Waals surface area (Å²) in [5.74, 6) is -0.549. The normalized spacial score (nSPS) is 11.7. The molecule has 112 valence electrons. The van der Waals surface area contributed by atoms with Gasteiger partial charge in [-0.3, -0.25) is 9.78 Å². The molecule has 4 heteroatoms. The molecule has 0 saturated heterocycles. The fraction of sp³-hybridized carbons (Fsp3) is 0.278. The van der Waals surface area contributed by atoms with Gasteiger partial charge in [-0.15, -0.1) is 0 Å². The highest BCUT2D eigenvalue weighted by Crippen LogP contribution is 2.18. The van der Waals surface area contributed by atoms with Crippen molar-refractivity contribution in [1.82, 2.24) is 4.98 Å². The second kappa shape index (κ2) is 7.37. The first-order valence-corrected chi connectivity index (χ1v) is 7.29. The van der Waals surface area contributed by atoms with E-state index in [1.54, 1.807) is 12.4 Å². The maximum atomic E-state index is 12.2. The first-order chi connectivity index (χ1) is 10.6. The number of hydrogen-bond acceptors (Lipinski definition) is 3. The van der Waals surface area contributed by atoms with E-state index >= 15 is 0 Å². The molecule has 0 saturated carbocycles. The fourth-order valence-electron chi connectivity index (χ4n) is 2.13. The second-order valence-electron chi connectivity index (χ2n) is 5.51. The van der Waals surface area contributed by atoms with Gasteiger partial charge in [0.15, 0.2) is 0 Å². The summed E-state index contributed by atoms with van der Waals surface area (Å²) in [6.45, 7) is 4.24. The van der Waals surface area contributed by atoms with E-state index in [4.69, 9.17) is 0 Å². The van der Waals surface area contributed by atoms with Crippen LogP contribution in [0, 0.1) is 17.2 Å². The first-order valence-electron chi connectivity index (χ1n) is 7.29. The van der Waals surface area contributed by atoms with Crippen LogP contribution in [-0.2, 0) is 11.2 Å². The highest BCUT2D eigenvalue weighted by molar-refractivity contribution is 5.94. The van der Waals surface area contributed by atoms with E-state index in [1.807, 2.05) is 36.4 Å². The van der Waals surface area contributed by atoms with Gasteiger partial charge in [-0.1, -0.05) is 26.0 Å². The van der Waals surface area contributed by atoms with Crippen molar-refractivity contribution in [2.45, 2.75) is 26.2 Å². The third-order valence-corrected chi connectivity index (χ3v) is 3.51. The van der Waals surface area contributed by atoms with Gasteiger partial charge in [0.1, 0.15) is 5.92 Å². The predicted molar refractivity (Wildman–Crippen MR) is 86.2 cm³/mol. The number of pyridine rings is 1. The van der Waals surface area contributed by atoms with Crippen LogP contribution in [0.2, 0.25) is 0 Å². The van der Waals surface area contributed by atoms with Crippen molar-refractivity contribution in [2.75, 3.05) is 5.32 Å². The van der Waals surface area contributed by atoms with Crippen LogP contribution in [0.4, 0.5) is 5.69 Å². The average molecular weight is 293 g/mol. The molecule has 1 aromatic carbocycles. The Hall–Kier alpha value is -2.67. The Morgan fingerprint density at radius 2 is 1.82 bits per heavy atom. The Kier molecular flexibility index (Phi) is 5.26. The summed E-state index contributed by atoms with van der Waals surface area (Å²) in [5.41, 5.74) is 2.85. The number of aromatic nitrogens is 1. The fourth-order valence-corrected chi connectivity index (χ4v) is 2.13. The number of carbonyl (C=O) groups is 1. The Bertz CT molecular complexity index is 657. The minimum absolute atomic E-state index is 0.281. The molecule has 1 amide bonds. The van der Waals surface area contributed by atoms with Crippen LogP contribution >= 0.6 is 0 Å². The summed E-state index contributed by atoms with van der Waals surface area (Å²) in [7, 11) is 0. The molecular weight excluding hydrogens is 274 g/mol. The van der Waals surface area contributed by atoms with E-state index < -0.39 is 5.92 Å². The molecule has 0 aliphatic rings. The van der Waals surface area contributed by atoms with E-state index in [2.05, 4.69) is 30.2 Å². The zero-order valence-electron chi connectivity index (χ0n) is 12.8. The lowest BCUT2D eigenvalue weighted by atomic mass is 10.00. The smallest absolute Gasteiger partial charge is 0.242 e. The van der Waals surface area contributed by atoms with E-state index in [0.717, 1.165) is 5.56 Å². The van der Waals surface area contributed by atoms with Crippen LogP contribution in [0.15, 0.2) is 48.8 Å². The van der Waals surface area contributed by atoms with Gasteiger partial charge in [-0.25, -0.2) is 0 Å². The first kappa shape index (κ1) is 15.7. The zero-order chi connectivity index (χ0) is 15.9. The summed E-state index contributed by atoms with van der Waals surface area (Å²) >= 11 is 0. The Morgan fingerprint density at radius 3 is 2.36 bits per heavy atom. The van der Waals surface area contributed by atoms with Crippen LogP contribution in [0.25, 0.3) is 0 Å². The van der Waals surface area contributed by atoms with Gasteiger partial charge in [0.05, 0.1) is 6.07 Å². The van der Waals surface area contributed by atoms with Gasteiger partial charge in [0.2, 0.25) is 5.91 Å². The molecule has 0 radical (unpaired) electrons. The van der Waals surface area contributed by atoms with E-state index in [-0.39, 0.29) is 5.91 Å². The minimum Gasteiger partial charge on any atom is -0.325 e. The van der Waals surface area contributed by atoms with Gasteiger partial charge >= 0.3 is 0 Å². The molecule has 1 aromatic heterocycles. The van der Waals surface area contributed by atoms with Gasteiger partial charge in [-0.05, 0) is 47.7 Å². The second-order valence-corrected chi connectivity index (χ2v) is 5.51. The highest BCUT2D eigenvalue weighted by atomic mass is 16.1. The number of hydrogen-bond donors (Lipinski definition) is 1. The Morgan fingerprint density at radius 1 is 1.18 bits per heavy atom. The number of nitrogens with zero attached hydrogens (tertiary/aromatic N) is 2. The largest absolute Gasteiger partial charge is 0.325 e. The summed E-state index contributed by atoms with van der Waals surface area (Å²) < 4.78 is 0. The third-order valence-electron chi connectivity index (χ3n) is 3.51. The Labute approximate surface area is 130 Å². The summed E-state index contributed by atoms with van der Waals surface area (Å²) in [6, 6.07) is 13.4. The molecule has 2 aromatic rings. The number of nitriles is 1. The molecule has 1 heterocycles. The number of benzene rings is 1. The third kappa shape index (κ3) is 4.16. The van der Waals surface area contributed by atoms with Crippen LogP contribution in [0.1, 0.15) is 30.9 Å². The SMILES string of the molecule is CC(C)c1ccc(NC(=O)[C@@H](C#N)Cc2ccncc2)cc1. The van der Waals surface area contributed by atoms with Gasteiger partial charge in [0, 0.05) is 18.1 Å². The zero-order valence-corrected chi connectivity index (χ0v) is 12.8. The highest BCUT2D eigenvalue weighted by Gasteiger charge is 2.18. The number of amides is 1. The van der Waals surface area contributed by atoms with Crippen molar-refractivity contribution in [3.8, 4) is 6.07 Å². The van der Waals surface area contributed by atoms with Crippen molar-refractivity contribution < 1.29 is 4.79 Å². The quantitative estimate of drug-likeness (QED) is 0.917. The summed E-state index contributed by atoms with van der Waals surface area (Å²) in [6.07, 6.45) is 3.70. The van der Waals surface area contributed by atoms with Gasteiger partial charge in [0.25, 0.3) is 0 Å². The standard InChI is InChI=1S/C18H19N3O/c1-13(2)15-3-5-17(6-4-15)21-18(22)16(12-19)11-14-7-9-20-10-8-14/h3-10,13,16H,11H2,1-2H3,(H,21,22)/t16-/m1/s1. The number of nitrogens with one attached hydrogen (secondary N) is 1. The lowest BCUT2D eigenvalue weighted by Gasteiger charge is -2.11. The molecule has 2 rings (SSSR count). The lowest BCUT2D eigenvalue weighted by Crippen LogP contribution is -2.23. The van der Waals surface area contributed by atoms with E-state index in [1.165, 1.54) is 5.56 Å².